The highest BCUT2D eigenvalue weighted by Crippen LogP contribution is 2.29. The first-order valence-electron chi connectivity index (χ1n) is 7.92. The molecular weight excluding hydrogens is 288 g/mol. The summed E-state index contributed by atoms with van der Waals surface area (Å²) < 4.78 is 0. The van der Waals surface area contributed by atoms with E-state index >= 15 is 0 Å². The molecule has 2 rings (SSSR count). The monoisotopic (exact) mass is 312 g/mol. The number of rotatable bonds is 5. The first-order chi connectivity index (χ1) is 10.4. The fourth-order valence-electron chi connectivity index (χ4n) is 3.59. The van der Waals surface area contributed by atoms with Gasteiger partial charge in [-0.15, -0.1) is 0 Å². The van der Waals surface area contributed by atoms with E-state index in [1.54, 1.807) is 6.92 Å². The van der Waals surface area contributed by atoms with Crippen molar-refractivity contribution in [2.24, 2.45) is 0 Å². The minimum atomic E-state index is -1.06. The molecule has 22 heavy (non-hydrogen) atoms. The van der Waals surface area contributed by atoms with Crippen LogP contribution in [-0.2, 0) is 14.4 Å². The second-order valence-electron chi connectivity index (χ2n) is 6.34. The number of nitrogens with zero attached hydrogens (tertiary/aromatic N) is 1. The molecule has 1 heterocycles. The summed E-state index contributed by atoms with van der Waals surface area (Å²) in [7, 11) is 0. The Balaban J connectivity index is 2.06. The van der Waals surface area contributed by atoms with Crippen molar-refractivity contribution in [2.45, 2.75) is 69.5 Å². The summed E-state index contributed by atoms with van der Waals surface area (Å²) in [6.45, 7) is 2.04. The predicted octanol–water partition coefficient (Wildman–Crippen LogP) is 0.828. The first-order valence-corrected chi connectivity index (χ1v) is 7.92. The van der Waals surface area contributed by atoms with Crippen molar-refractivity contribution in [1.29, 1.82) is 0 Å². The van der Waals surface area contributed by atoms with E-state index in [1.807, 2.05) is 0 Å². The Kier molecular flexibility index (Phi) is 5.05. The van der Waals surface area contributed by atoms with Crippen LogP contribution in [0.4, 0.5) is 0 Å². The minimum Gasteiger partial charge on any atom is -0.480 e. The van der Waals surface area contributed by atoms with Gasteiger partial charge in [0.1, 0.15) is 11.6 Å². The molecule has 2 fully saturated rings. The van der Waals surface area contributed by atoms with Crippen molar-refractivity contribution in [1.82, 2.24) is 10.2 Å². The largest absolute Gasteiger partial charge is 0.480 e. The molecule has 0 aromatic rings. The molecule has 0 unspecified atom stereocenters. The Morgan fingerprint density at radius 1 is 1.14 bits per heavy atom. The number of carbonyl (C=O) groups is 3. The molecule has 1 saturated carbocycles. The topological polar surface area (TPSA) is 107 Å². The molecule has 124 valence electrons. The predicted molar refractivity (Wildman–Crippen MR) is 78.4 cm³/mol. The fourth-order valence-corrected chi connectivity index (χ4v) is 3.59. The third kappa shape index (κ3) is 3.24. The van der Waals surface area contributed by atoms with E-state index in [4.69, 9.17) is 5.11 Å². The van der Waals surface area contributed by atoms with Gasteiger partial charge in [0.05, 0.1) is 6.04 Å². The minimum absolute atomic E-state index is 0.323. The van der Waals surface area contributed by atoms with Crippen LogP contribution >= 0.6 is 0 Å². The molecule has 1 aliphatic heterocycles. The van der Waals surface area contributed by atoms with Crippen LogP contribution in [0.3, 0.4) is 0 Å². The van der Waals surface area contributed by atoms with E-state index in [0.717, 1.165) is 19.3 Å². The average Bonchev–Trinajstić information content (AvgIpc) is 2.96. The first kappa shape index (κ1) is 16.7. The number of carboxylic acids is 2. The van der Waals surface area contributed by atoms with E-state index in [-0.39, 0.29) is 5.91 Å². The number of amides is 1. The normalized spacial score (nSPS) is 25.7. The number of carboxylic acid groups (broad SMARTS) is 2. The summed E-state index contributed by atoms with van der Waals surface area (Å²) in [5.74, 6) is -2.25. The molecule has 1 aliphatic carbocycles. The summed E-state index contributed by atoms with van der Waals surface area (Å²) in [5.41, 5.74) is -1.06. The molecule has 7 nitrogen and oxygen atoms in total. The highest BCUT2D eigenvalue weighted by Gasteiger charge is 2.43. The second-order valence-corrected chi connectivity index (χ2v) is 6.34. The highest BCUT2D eigenvalue weighted by atomic mass is 16.4. The summed E-state index contributed by atoms with van der Waals surface area (Å²) in [5, 5.41) is 21.7. The lowest BCUT2D eigenvalue weighted by atomic mass is 9.81. The Hall–Kier alpha value is -1.63. The Morgan fingerprint density at radius 2 is 1.77 bits per heavy atom. The maximum absolute atomic E-state index is 12.5. The fraction of sp³-hybridized carbons (Fsp3) is 0.800. The maximum atomic E-state index is 12.5. The molecular formula is C15H24N2O5. The Labute approximate surface area is 129 Å². The van der Waals surface area contributed by atoms with Gasteiger partial charge >= 0.3 is 11.9 Å². The Morgan fingerprint density at radius 3 is 2.32 bits per heavy atom. The maximum Gasteiger partial charge on any atom is 0.326 e. The third-order valence-corrected chi connectivity index (χ3v) is 4.80. The lowest BCUT2D eigenvalue weighted by molar-refractivity contribution is -0.151. The molecule has 3 N–H and O–H groups in total. The number of carbonyl (C=O) groups excluding carboxylic acids is 1. The van der Waals surface area contributed by atoms with Gasteiger partial charge < -0.3 is 15.1 Å². The van der Waals surface area contributed by atoms with Crippen molar-refractivity contribution >= 4 is 17.8 Å². The van der Waals surface area contributed by atoms with Gasteiger partial charge in [-0.2, -0.15) is 0 Å². The van der Waals surface area contributed by atoms with Crippen LogP contribution in [0.1, 0.15) is 51.9 Å². The standard InChI is InChI=1S/C15H24N2O5/c1-10(12(18)17-9-5-6-11(17)13(19)20)16-15(14(21)22)7-3-2-4-8-15/h10-11,16H,2-9H2,1H3,(H,19,20)(H,21,22)/t10-,11-/m0/s1. The summed E-state index contributed by atoms with van der Waals surface area (Å²) in [4.78, 5) is 36.7. The third-order valence-electron chi connectivity index (χ3n) is 4.80. The van der Waals surface area contributed by atoms with Crippen LogP contribution in [0, 0.1) is 0 Å². The van der Waals surface area contributed by atoms with Gasteiger partial charge in [0.2, 0.25) is 5.91 Å². The molecule has 0 aromatic carbocycles. The van der Waals surface area contributed by atoms with Gasteiger partial charge in [-0.1, -0.05) is 19.3 Å². The van der Waals surface area contributed by atoms with Crippen LogP contribution in [0.5, 0.6) is 0 Å². The quantitative estimate of drug-likeness (QED) is 0.694. The van der Waals surface area contributed by atoms with Crippen LogP contribution in [0.15, 0.2) is 0 Å². The van der Waals surface area contributed by atoms with Crippen molar-refractivity contribution in [3.63, 3.8) is 0 Å². The molecule has 1 amide bonds. The molecule has 0 bridgehead atoms. The average molecular weight is 312 g/mol. The number of hydrogen-bond acceptors (Lipinski definition) is 4. The Bertz CT molecular complexity index is 459. The number of hydrogen-bond donors (Lipinski definition) is 3. The number of aliphatic carboxylic acids is 2. The number of likely N-dealkylation sites (tertiary alicyclic amines) is 1. The molecule has 0 radical (unpaired) electrons. The van der Waals surface area contributed by atoms with Gasteiger partial charge in [-0.3, -0.25) is 14.9 Å². The van der Waals surface area contributed by atoms with Crippen molar-refractivity contribution in [3.8, 4) is 0 Å². The summed E-state index contributed by atoms with van der Waals surface area (Å²) in [6, 6.07) is -1.49. The zero-order valence-corrected chi connectivity index (χ0v) is 12.9. The van der Waals surface area contributed by atoms with Gasteiger partial charge in [-0.05, 0) is 32.6 Å². The molecule has 7 heteroatoms. The summed E-state index contributed by atoms with van der Waals surface area (Å²) in [6.07, 6.45) is 4.78. The molecule has 2 atom stereocenters. The zero-order chi connectivity index (χ0) is 16.3. The van der Waals surface area contributed by atoms with Crippen molar-refractivity contribution < 1.29 is 24.6 Å². The smallest absolute Gasteiger partial charge is 0.326 e. The lowest BCUT2D eigenvalue weighted by Crippen LogP contribution is -2.60. The van der Waals surface area contributed by atoms with Crippen molar-refractivity contribution in [2.75, 3.05) is 6.54 Å². The van der Waals surface area contributed by atoms with E-state index < -0.39 is 29.6 Å². The van der Waals surface area contributed by atoms with E-state index in [0.29, 0.717) is 32.2 Å². The highest BCUT2D eigenvalue weighted by molar-refractivity contribution is 5.88. The van der Waals surface area contributed by atoms with Gasteiger partial charge in [0.15, 0.2) is 0 Å². The van der Waals surface area contributed by atoms with E-state index in [2.05, 4.69) is 5.32 Å². The molecule has 0 spiro atoms. The van der Waals surface area contributed by atoms with Gasteiger partial charge in [0.25, 0.3) is 0 Å². The number of nitrogens with one attached hydrogen (secondary N) is 1. The van der Waals surface area contributed by atoms with Gasteiger partial charge in [-0.25, -0.2) is 4.79 Å². The van der Waals surface area contributed by atoms with E-state index in [1.165, 1.54) is 4.90 Å². The molecule has 1 saturated heterocycles. The van der Waals surface area contributed by atoms with Crippen LogP contribution in [0.2, 0.25) is 0 Å². The van der Waals surface area contributed by atoms with Gasteiger partial charge in [0, 0.05) is 6.54 Å². The molecule has 0 aromatic heterocycles. The lowest BCUT2D eigenvalue weighted by Gasteiger charge is -2.37. The second kappa shape index (κ2) is 6.64. The van der Waals surface area contributed by atoms with Crippen LogP contribution < -0.4 is 5.32 Å². The molecule has 2 aliphatic rings. The zero-order valence-electron chi connectivity index (χ0n) is 12.9. The van der Waals surface area contributed by atoms with Crippen molar-refractivity contribution in [3.05, 3.63) is 0 Å². The van der Waals surface area contributed by atoms with E-state index in [9.17, 15) is 19.5 Å². The SMILES string of the molecule is C[C@H](NC1(C(=O)O)CCCCC1)C(=O)N1CCC[C@H]1C(=O)O. The van der Waals surface area contributed by atoms with Crippen LogP contribution in [0.25, 0.3) is 0 Å². The van der Waals surface area contributed by atoms with Crippen LogP contribution in [-0.4, -0.2) is 57.1 Å². The summed E-state index contributed by atoms with van der Waals surface area (Å²) >= 11 is 0.